The van der Waals surface area contributed by atoms with Gasteiger partial charge in [0.2, 0.25) is 5.91 Å². The lowest BCUT2D eigenvalue weighted by Gasteiger charge is -2.34. The number of hydrogen-bond acceptors (Lipinski definition) is 4. The second kappa shape index (κ2) is 8.35. The van der Waals surface area contributed by atoms with Gasteiger partial charge in [-0.15, -0.1) is 0 Å². The summed E-state index contributed by atoms with van der Waals surface area (Å²) in [4.78, 5) is 30.4. The smallest absolute Gasteiger partial charge is 0.343 e. The zero-order valence-corrected chi connectivity index (χ0v) is 21.7. The summed E-state index contributed by atoms with van der Waals surface area (Å²) < 4.78 is 7.54. The van der Waals surface area contributed by atoms with E-state index in [0.29, 0.717) is 11.6 Å². The molecule has 1 amide bonds. The molecule has 8 heteroatoms. The van der Waals surface area contributed by atoms with Crippen molar-refractivity contribution < 1.29 is 9.53 Å². The fraction of sp³-hybridized carbons (Fsp3) is 0.276. The first-order valence-electron chi connectivity index (χ1n) is 12.3. The van der Waals surface area contributed by atoms with E-state index in [2.05, 4.69) is 30.0 Å². The van der Waals surface area contributed by atoms with Crippen LogP contribution in [0.3, 0.4) is 0 Å². The highest BCUT2D eigenvalue weighted by molar-refractivity contribution is 6.31. The van der Waals surface area contributed by atoms with Crippen LogP contribution in [0.4, 0.5) is 11.4 Å². The van der Waals surface area contributed by atoms with E-state index < -0.39 is 5.41 Å². The molecule has 2 aliphatic rings. The third-order valence-electron chi connectivity index (χ3n) is 7.54. The molecule has 0 saturated heterocycles. The number of nitrogens with one attached hydrogen (secondary N) is 1. The summed E-state index contributed by atoms with van der Waals surface area (Å²) in [5, 5.41) is 4.60. The van der Waals surface area contributed by atoms with E-state index in [1.54, 1.807) is 4.90 Å². The quantitative estimate of drug-likeness (QED) is 0.397. The Balaban J connectivity index is 1.39. The Labute approximate surface area is 219 Å². The van der Waals surface area contributed by atoms with E-state index in [0.717, 1.165) is 52.2 Å². The Morgan fingerprint density at radius 1 is 1.03 bits per heavy atom. The Kier molecular flexibility index (Phi) is 5.31. The van der Waals surface area contributed by atoms with Crippen LogP contribution in [0.1, 0.15) is 49.4 Å². The lowest BCUT2D eigenvalue weighted by molar-refractivity contribution is -0.120. The molecule has 37 heavy (non-hydrogen) atoms. The van der Waals surface area contributed by atoms with Crippen molar-refractivity contribution in [3.63, 3.8) is 0 Å². The first kappa shape index (κ1) is 23.6. The average Bonchev–Trinajstić information content (AvgIpc) is 3.37. The largest absolute Gasteiger partial charge is 0.488 e. The molecule has 0 bridgehead atoms. The van der Waals surface area contributed by atoms with Crippen LogP contribution in [-0.2, 0) is 23.2 Å². The normalized spacial score (nSPS) is 19.9. The van der Waals surface area contributed by atoms with Gasteiger partial charge in [-0.3, -0.25) is 14.7 Å². The number of aromatic nitrogens is 3. The first-order chi connectivity index (χ1) is 17.7. The van der Waals surface area contributed by atoms with Gasteiger partial charge in [0.15, 0.2) is 0 Å². The molecule has 0 unspecified atom stereocenters. The second-order valence-electron chi connectivity index (χ2n) is 10.5. The average molecular weight is 515 g/mol. The van der Waals surface area contributed by atoms with E-state index in [4.69, 9.17) is 16.3 Å². The number of ether oxygens (including phenoxy) is 1. The molecule has 0 spiro atoms. The third kappa shape index (κ3) is 3.85. The predicted octanol–water partition coefficient (Wildman–Crippen LogP) is 5.36. The van der Waals surface area contributed by atoms with Gasteiger partial charge in [0.1, 0.15) is 17.7 Å². The predicted molar refractivity (Wildman–Crippen MR) is 143 cm³/mol. The summed E-state index contributed by atoms with van der Waals surface area (Å²) in [6.45, 7) is 6.51. The Bertz CT molecular complexity index is 1590. The van der Waals surface area contributed by atoms with Crippen molar-refractivity contribution in [3.8, 4) is 5.75 Å². The number of aromatic amines is 1. The summed E-state index contributed by atoms with van der Waals surface area (Å²) in [6.07, 6.45) is 3.18. The molecule has 3 heterocycles. The summed E-state index contributed by atoms with van der Waals surface area (Å²) in [5.41, 5.74) is 3.99. The van der Waals surface area contributed by atoms with E-state index in [1.807, 2.05) is 61.5 Å². The lowest BCUT2D eigenvalue weighted by Crippen LogP contribution is -2.37. The van der Waals surface area contributed by atoms with Crippen molar-refractivity contribution >= 4 is 28.9 Å². The molecule has 7 nitrogen and oxygen atoms in total. The van der Waals surface area contributed by atoms with Gasteiger partial charge in [-0.05, 0) is 92.3 Å². The number of benzene rings is 3. The zero-order valence-electron chi connectivity index (χ0n) is 20.9. The molecule has 6 rings (SSSR count). The number of fused-ring (bicyclic) bond motifs is 2. The topological polar surface area (TPSA) is 80.2 Å². The van der Waals surface area contributed by atoms with Gasteiger partial charge in [-0.25, -0.2) is 9.48 Å². The van der Waals surface area contributed by atoms with Crippen molar-refractivity contribution in [2.45, 2.75) is 51.2 Å². The summed E-state index contributed by atoms with van der Waals surface area (Å²) in [5.74, 6) is 0.835. The van der Waals surface area contributed by atoms with Gasteiger partial charge in [0.05, 0.1) is 17.6 Å². The molecule has 1 aromatic heterocycles. The minimum Gasteiger partial charge on any atom is -0.488 e. The minimum atomic E-state index is -0.913. The number of rotatable bonds is 4. The van der Waals surface area contributed by atoms with Crippen molar-refractivity contribution in [1.82, 2.24) is 14.8 Å². The molecule has 0 aliphatic carbocycles. The Hall–Kier alpha value is -3.84. The highest BCUT2D eigenvalue weighted by Crippen LogP contribution is 2.50. The second-order valence-corrected chi connectivity index (χ2v) is 11.0. The number of aryl methyl sites for hydroxylation is 1. The lowest BCUT2D eigenvalue weighted by atomic mass is 9.76. The number of halogens is 1. The number of amides is 1. The molecule has 1 N–H and O–H groups in total. The Morgan fingerprint density at radius 3 is 2.54 bits per heavy atom. The van der Waals surface area contributed by atoms with Gasteiger partial charge in [-0.2, -0.15) is 5.10 Å². The maximum atomic E-state index is 14.2. The fourth-order valence-corrected chi connectivity index (χ4v) is 5.55. The summed E-state index contributed by atoms with van der Waals surface area (Å²) in [7, 11) is 0. The van der Waals surface area contributed by atoms with Crippen LogP contribution in [0.15, 0.2) is 71.8 Å². The van der Waals surface area contributed by atoms with Crippen LogP contribution in [-0.4, -0.2) is 26.3 Å². The van der Waals surface area contributed by atoms with E-state index in [9.17, 15) is 9.59 Å². The van der Waals surface area contributed by atoms with Crippen molar-refractivity contribution in [3.05, 3.63) is 105 Å². The standard InChI is InChI=1S/C29H27ClN4O3/c1-28(2)13-12-19-14-20(6-11-25(19)37-28)29(3)23-15-21(30)7-10-24(23)34(26(29)35)22-8-4-18(5-9-22)16-33-27(36)31-17-32-33/h4-11,14-15,17H,12-13,16H2,1-3H3,(H,31,32,36)/t29-/m0/s1. The van der Waals surface area contributed by atoms with Crippen LogP contribution in [0, 0.1) is 0 Å². The maximum Gasteiger partial charge on any atom is 0.343 e. The number of anilines is 2. The highest BCUT2D eigenvalue weighted by Gasteiger charge is 2.49. The van der Waals surface area contributed by atoms with E-state index in [-0.39, 0.29) is 17.2 Å². The van der Waals surface area contributed by atoms with Crippen LogP contribution in [0.25, 0.3) is 0 Å². The molecule has 188 valence electrons. The van der Waals surface area contributed by atoms with Crippen LogP contribution < -0.4 is 15.3 Å². The van der Waals surface area contributed by atoms with Crippen LogP contribution >= 0.6 is 11.6 Å². The number of carbonyl (C=O) groups is 1. The number of hydrogen-bond donors (Lipinski definition) is 1. The number of nitrogens with zero attached hydrogens (tertiary/aromatic N) is 3. The number of carbonyl (C=O) groups excluding carboxylic acids is 1. The zero-order chi connectivity index (χ0) is 25.9. The van der Waals surface area contributed by atoms with Gasteiger partial charge in [0.25, 0.3) is 0 Å². The Morgan fingerprint density at radius 2 is 1.81 bits per heavy atom. The van der Waals surface area contributed by atoms with Crippen LogP contribution in [0.2, 0.25) is 5.02 Å². The van der Waals surface area contributed by atoms with E-state index in [1.165, 1.54) is 11.0 Å². The first-order valence-corrected chi connectivity index (χ1v) is 12.7. The van der Waals surface area contributed by atoms with Gasteiger partial charge in [-0.1, -0.05) is 35.9 Å². The molecule has 4 aromatic rings. The maximum absolute atomic E-state index is 14.2. The monoisotopic (exact) mass is 514 g/mol. The van der Waals surface area contributed by atoms with Gasteiger partial charge < -0.3 is 4.74 Å². The number of H-pyrrole nitrogens is 1. The molecular weight excluding hydrogens is 488 g/mol. The molecular formula is C29H27ClN4O3. The fourth-order valence-electron chi connectivity index (χ4n) is 5.37. The highest BCUT2D eigenvalue weighted by atomic mass is 35.5. The molecule has 1 atom stereocenters. The molecule has 0 saturated carbocycles. The minimum absolute atomic E-state index is 0.0435. The molecule has 0 fully saturated rings. The van der Waals surface area contributed by atoms with Gasteiger partial charge in [0, 0.05) is 10.7 Å². The SMILES string of the molecule is CC1(C)CCc2cc([C@]3(C)C(=O)N(c4ccc(Cn5nc[nH]c5=O)cc4)c4ccc(Cl)cc43)ccc2O1. The van der Waals surface area contributed by atoms with Crippen molar-refractivity contribution in [2.24, 2.45) is 0 Å². The molecule has 0 radical (unpaired) electrons. The van der Waals surface area contributed by atoms with Crippen molar-refractivity contribution in [1.29, 1.82) is 0 Å². The van der Waals surface area contributed by atoms with Gasteiger partial charge >= 0.3 is 5.69 Å². The summed E-state index contributed by atoms with van der Waals surface area (Å²) >= 11 is 6.44. The van der Waals surface area contributed by atoms with Crippen LogP contribution in [0.5, 0.6) is 5.75 Å². The molecule has 3 aromatic carbocycles. The van der Waals surface area contributed by atoms with Crippen molar-refractivity contribution in [2.75, 3.05) is 4.90 Å². The summed E-state index contributed by atoms with van der Waals surface area (Å²) in [6, 6.07) is 19.3. The molecule has 2 aliphatic heterocycles. The third-order valence-corrected chi connectivity index (χ3v) is 7.77. The van der Waals surface area contributed by atoms with E-state index >= 15 is 0 Å².